The van der Waals surface area contributed by atoms with E-state index >= 15 is 0 Å². The number of amides is 1. The second-order valence-corrected chi connectivity index (χ2v) is 21.2. The van der Waals surface area contributed by atoms with Crippen LogP contribution in [0.1, 0.15) is 122 Å². The van der Waals surface area contributed by atoms with Crippen molar-refractivity contribution in [1.29, 1.82) is 0 Å². The van der Waals surface area contributed by atoms with E-state index in [1.807, 2.05) is 60.4 Å². The van der Waals surface area contributed by atoms with Crippen molar-refractivity contribution in [2.75, 3.05) is 31.1 Å². The molecule has 8 nitrogen and oxygen atoms in total. The highest BCUT2D eigenvalue weighted by Crippen LogP contribution is 2.75. The van der Waals surface area contributed by atoms with Crippen molar-refractivity contribution in [2.24, 2.45) is 51.2 Å². The van der Waals surface area contributed by atoms with Crippen molar-refractivity contribution < 1.29 is 19.1 Å². The molecular weight excluding hydrogens is 745 g/mol. The first-order valence-electron chi connectivity index (χ1n) is 23.1. The molecule has 1 aromatic heterocycles. The van der Waals surface area contributed by atoms with Crippen molar-refractivity contribution >= 4 is 17.9 Å². The Morgan fingerprint density at radius 2 is 1.42 bits per heavy atom. The van der Waals surface area contributed by atoms with Gasteiger partial charge in [-0.25, -0.2) is 14.8 Å². The van der Waals surface area contributed by atoms with Crippen molar-refractivity contribution in [3.05, 3.63) is 101 Å². The zero-order chi connectivity index (χ0) is 42.2. The smallest absolute Gasteiger partial charge is 0.410 e. The van der Waals surface area contributed by atoms with Gasteiger partial charge in [0.2, 0.25) is 0 Å². The molecule has 2 heterocycles. The van der Waals surface area contributed by atoms with Crippen LogP contribution in [-0.2, 0) is 39.3 Å². The molecule has 1 saturated heterocycles. The Hall–Kier alpha value is -4.20. The second kappa shape index (κ2) is 15.0. The number of hydrogen-bond acceptors (Lipinski definition) is 7. The zero-order valence-corrected chi connectivity index (χ0v) is 37.6. The summed E-state index contributed by atoms with van der Waals surface area (Å²) >= 11 is 0. The van der Waals surface area contributed by atoms with E-state index in [2.05, 4.69) is 71.6 Å². The van der Waals surface area contributed by atoms with Crippen molar-refractivity contribution in [1.82, 2.24) is 14.9 Å². The fourth-order valence-electron chi connectivity index (χ4n) is 14.5. The van der Waals surface area contributed by atoms with Crippen LogP contribution in [0.4, 0.5) is 10.6 Å². The number of ether oxygens (including phenoxy) is 2. The molecule has 0 spiro atoms. The molecule has 5 aliphatic carbocycles. The monoisotopic (exact) mass is 813 g/mol. The maximum atomic E-state index is 14.6. The number of esters is 1. The molecule has 0 N–H and O–H groups in total. The molecule has 6 aliphatic rings. The van der Waals surface area contributed by atoms with Gasteiger partial charge < -0.3 is 19.3 Å². The Morgan fingerprint density at radius 3 is 2.08 bits per heavy atom. The average molecular weight is 813 g/mol. The SMILES string of the molecule is Cc1nc(N2CCN(C(=O)OCc3ccccc3)CC2)c2c(n1)C(C)(C)[C@H]1CC[C@@]3(C)[C@@H](CC=C4[C@@H]5[C@@H](C)[C@@H](C)CC[C@]5(C(=O)OCc5ccccc5)CC[C@]43C)[C@]1(C)C2. The van der Waals surface area contributed by atoms with Gasteiger partial charge in [-0.15, -0.1) is 0 Å². The number of carbonyl (C=O) groups is 2. The van der Waals surface area contributed by atoms with Gasteiger partial charge in [-0.05, 0) is 115 Å². The van der Waals surface area contributed by atoms with Crippen LogP contribution in [0, 0.1) is 58.2 Å². The Kier molecular flexibility index (Phi) is 10.3. The Balaban J connectivity index is 1.01. The third-order valence-electron chi connectivity index (χ3n) is 18.1. The van der Waals surface area contributed by atoms with E-state index in [-0.39, 0.29) is 46.2 Å². The quantitative estimate of drug-likeness (QED) is 0.181. The summed E-state index contributed by atoms with van der Waals surface area (Å²) < 4.78 is 12.0. The van der Waals surface area contributed by atoms with Gasteiger partial charge in [0.1, 0.15) is 24.9 Å². The van der Waals surface area contributed by atoms with E-state index in [1.54, 1.807) is 5.57 Å². The van der Waals surface area contributed by atoms with Gasteiger partial charge in [0, 0.05) is 37.2 Å². The lowest BCUT2D eigenvalue weighted by Gasteiger charge is -2.71. The minimum atomic E-state index is -0.463. The lowest BCUT2D eigenvalue weighted by molar-refractivity contribution is -0.184. The normalized spacial score (nSPS) is 35.4. The maximum absolute atomic E-state index is 14.6. The minimum absolute atomic E-state index is 0.00837. The van der Waals surface area contributed by atoms with Crippen LogP contribution in [-0.4, -0.2) is 53.1 Å². The largest absolute Gasteiger partial charge is 0.460 e. The molecule has 3 aromatic rings. The molecular formula is C52H68N4O4. The molecule has 9 rings (SSSR count). The average Bonchev–Trinajstić information content (AvgIpc) is 3.24. The van der Waals surface area contributed by atoms with Crippen LogP contribution in [0.5, 0.6) is 0 Å². The number of aryl methyl sites for hydroxylation is 1. The van der Waals surface area contributed by atoms with Gasteiger partial charge in [-0.3, -0.25) is 4.79 Å². The molecule has 320 valence electrons. The topological polar surface area (TPSA) is 84.9 Å². The first-order chi connectivity index (χ1) is 28.6. The second-order valence-electron chi connectivity index (χ2n) is 21.2. The molecule has 0 bridgehead atoms. The number of piperazine rings is 1. The fourth-order valence-corrected chi connectivity index (χ4v) is 14.5. The van der Waals surface area contributed by atoms with Gasteiger partial charge in [-0.1, -0.05) is 121 Å². The van der Waals surface area contributed by atoms with Crippen LogP contribution < -0.4 is 4.90 Å². The highest BCUT2D eigenvalue weighted by Gasteiger charge is 2.70. The molecule has 4 fully saturated rings. The van der Waals surface area contributed by atoms with Crippen molar-refractivity contribution in [3.63, 3.8) is 0 Å². The van der Waals surface area contributed by atoms with Crippen LogP contribution >= 0.6 is 0 Å². The van der Waals surface area contributed by atoms with Crippen LogP contribution in [0.15, 0.2) is 72.3 Å². The number of carbonyl (C=O) groups excluding carboxylic acids is 2. The standard InChI is InChI=1S/C52H68N4O4/c1-34-21-24-52(46(57)59-32-37-15-11-9-12-16-37)26-25-50(7)40(43(52)35(34)2)19-20-42-49(6)31-39-44(48(4,5)41(49)22-23-51(42,50)8)53-36(3)54-45(39)55-27-29-56(30-28-55)47(58)60-33-38-17-13-10-14-18-38/h9-19,34-35,41-43H,20-33H2,1-8H3/t34-,35-,41+,42-,43-,49+,50+,51-,52-/m0/s1. The summed E-state index contributed by atoms with van der Waals surface area (Å²) in [5.41, 5.74) is 5.66. The number of allylic oxidation sites excluding steroid dienone is 2. The number of hydrogen-bond donors (Lipinski definition) is 0. The lowest BCUT2D eigenvalue weighted by Crippen LogP contribution is -2.65. The number of nitrogens with zero attached hydrogens (tertiary/aromatic N) is 4. The molecule has 1 amide bonds. The van der Waals surface area contributed by atoms with Crippen molar-refractivity contribution in [2.45, 2.75) is 125 Å². The van der Waals surface area contributed by atoms with Gasteiger partial charge in [-0.2, -0.15) is 0 Å². The van der Waals surface area contributed by atoms with Crippen LogP contribution in [0.3, 0.4) is 0 Å². The molecule has 8 heteroatoms. The Morgan fingerprint density at radius 1 is 0.767 bits per heavy atom. The van der Waals surface area contributed by atoms with Gasteiger partial charge in [0.15, 0.2) is 0 Å². The van der Waals surface area contributed by atoms with E-state index in [0.29, 0.717) is 56.5 Å². The van der Waals surface area contributed by atoms with E-state index in [1.165, 1.54) is 24.1 Å². The Bertz CT molecular complexity index is 2150. The number of benzene rings is 2. The number of aromatic nitrogens is 2. The highest BCUT2D eigenvalue weighted by atomic mass is 16.6. The highest BCUT2D eigenvalue weighted by molar-refractivity contribution is 5.79. The molecule has 9 atom stereocenters. The van der Waals surface area contributed by atoms with Gasteiger partial charge in [0.25, 0.3) is 0 Å². The van der Waals surface area contributed by atoms with Gasteiger partial charge >= 0.3 is 12.1 Å². The summed E-state index contributed by atoms with van der Waals surface area (Å²) in [5, 5.41) is 0. The first kappa shape index (κ1) is 41.2. The number of rotatable bonds is 6. The molecule has 60 heavy (non-hydrogen) atoms. The third-order valence-corrected chi connectivity index (χ3v) is 18.1. The lowest BCUT2D eigenvalue weighted by atomic mass is 9.33. The first-order valence-corrected chi connectivity index (χ1v) is 23.1. The predicted octanol–water partition coefficient (Wildman–Crippen LogP) is 10.7. The summed E-state index contributed by atoms with van der Waals surface area (Å²) in [6, 6.07) is 20.1. The van der Waals surface area contributed by atoms with E-state index in [0.717, 1.165) is 61.3 Å². The van der Waals surface area contributed by atoms with Crippen molar-refractivity contribution in [3.8, 4) is 0 Å². The molecule has 0 radical (unpaired) electrons. The van der Waals surface area contributed by atoms with Crippen LogP contribution in [0.25, 0.3) is 0 Å². The summed E-state index contributed by atoms with van der Waals surface area (Å²) in [6.07, 6.45) is 10.7. The number of anilines is 1. The Labute approximate surface area is 358 Å². The van der Waals surface area contributed by atoms with Crippen LogP contribution in [0.2, 0.25) is 0 Å². The van der Waals surface area contributed by atoms with Gasteiger partial charge in [0.05, 0.1) is 11.1 Å². The third kappa shape index (κ3) is 6.34. The van der Waals surface area contributed by atoms with E-state index in [4.69, 9.17) is 19.4 Å². The fraction of sp³-hybridized carbons (Fsp3) is 0.615. The molecule has 0 unspecified atom stereocenters. The summed E-state index contributed by atoms with van der Waals surface area (Å²) in [7, 11) is 0. The summed E-state index contributed by atoms with van der Waals surface area (Å²) in [5.74, 6) is 4.05. The molecule has 3 saturated carbocycles. The molecule has 2 aromatic carbocycles. The zero-order valence-electron chi connectivity index (χ0n) is 37.6. The summed E-state index contributed by atoms with van der Waals surface area (Å²) in [4.78, 5) is 42.5. The minimum Gasteiger partial charge on any atom is -0.460 e. The molecule has 1 aliphatic heterocycles. The van der Waals surface area contributed by atoms with E-state index in [9.17, 15) is 9.59 Å². The predicted molar refractivity (Wildman–Crippen MR) is 236 cm³/mol. The maximum Gasteiger partial charge on any atom is 0.410 e. The number of fused-ring (bicyclic) bond motifs is 8. The summed E-state index contributed by atoms with van der Waals surface area (Å²) in [6.45, 7) is 22.9. The van der Waals surface area contributed by atoms with E-state index < -0.39 is 5.41 Å².